The molecular weight excluding hydrogens is 319 g/mol. The lowest BCUT2D eigenvalue weighted by Gasteiger charge is -2.28. The maximum absolute atomic E-state index is 12.0. The summed E-state index contributed by atoms with van der Waals surface area (Å²) in [6, 6.07) is -1.67. The molecule has 128 valence electrons. The van der Waals surface area contributed by atoms with Crippen LogP contribution in [0.4, 0.5) is 18.0 Å². The first-order valence-corrected chi connectivity index (χ1v) is 8.44. The summed E-state index contributed by atoms with van der Waals surface area (Å²) in [5, 5.41) is 4.02. The minimum absolute atomic E-state index is 0.428. The van der Waals surface area contributed by atoms with E-state index in [1.165, 1.54) is 0 Å². The molecule has 1 aliphatic rings. The van der Waals surface area contributed by atoms with Crippen molar-refractivity contribution in [2.45, 2.75) is 43.7 Å². The zero-order valence-electron chi connectivity index (χ0n) is 12.7. The maximum atomic E-state index is 12.0. The van der Waals surface area contributed by atoms with Gasteiger partial charge in [-0.2, -0.15) is 24.9 Å². The molecule has 0 aromatic carbocycles. The van der Waals surface area contributed by atoms with E-state index in [9.17, 15) is 22.8 Å². The lowest BCUT2D eigenvalue weighted by atomic mass is 10.2. The van der Waals surface area contributed by atoms with Crippen LogP contribution in [0.1, 0.15) is 26.2 Å². The van der Waals surface area contributed by atoms with Gasteiger partial charge in [0.25, 0.3) is 0 Å². The summed E-state index contributed by atoms with van der Waals surface area (Å²) < 4.78 is 36.0. The Morgan fingerprint density at radius 3 is 2.64 bits per heavy atom. The van der Waals surface area contributed by atoms with Crippen molar-refractivity contribution in [2.24, 2.45) is 0 Å². The van der Waals surface area contributed by atoms with Gasteiger partial charge in [0.2, 0.25) is 5.91 Å². The summed E-state index contributed by atoms with van der Waals surface area (Å²) in [6.45, 7) is 1.68. The zero-order valence-corrected chi connectivity index (χ0v) is 13.5. The molecule has 0 aromatic heterocycles. The SMILES string of the molecule is CS[C@@H]1CCCCN([C@H](C)C(=O)NC(=O)NCC(F)(F)F)C1. The number of nitrogens with zero attached hydrogens (tertiary/aromatic N) is 1. The van der Waals surface area contributed by atoms with Gasteiger partial charge in [-0.1, -0.05) is 6.42 Å². The highest BCUT2D eigenvalue weighted by molar-refractivity contribution is 7.99. The van der Waals surface area contributed by atoms with Crippen molar-refractivity contribution in [1.82, 2.24) is 15.5 Å². The van der Waals surface area contributed by atoms with Crippen LogP contribution in [-0.2, 0) is 4.79 Å². The quantitative estimate of drug-likeness (QED) is 0.821. The van der Waals surface area contributed by atoms with Gasteiger partial charge in [-0.15, -0.1) is 0 Å². The number of hydrogen-bond acceptors (Lipinski definition) is 4. The highest BCUT2D eigenvalue weighted by atomic mass is 32.2. The first kappa shape index (κ1) is 19.1. The van der Waals surface area contributed by atoms with Gasteiger partial charge in [0.15, 0.2) is 0 Å². The predicted octanol–water partition coefficient (Wildman–Crippen LogP) is 1.98. The van der Waals surface area contributed by atoms with Gasteiger partial charge in [-0.25, -0.2) is 4.79 Å². The van der Waals surface area contributed by atoms with Gasteiger partial charge in [0.05, 0.1) is 6.04 Å². The molecule has 0 bridgehead atoms. The number of urea groups is 1. The van der Waals surface area contributed by atoms with Crippen molar-refractivity contribution < 1.29 is 22.8 Å². The molecule has 1 heterocycles. The molecule has 5 nitrogen and oxygen atoms in total. The molecule has 0 aromatic rings. The van der Waals surface area contributed by atoms with Crippen LogP contribution in [0.5, 0.6) is 0 Å². The van der Waals surface area contributed by atoms with Crippen LogP contribution in [0.3, 0.4) is 0 Å². The molecule has 2 N–H and O–H groups in total. The van der Waals surface area contributed by atoms with Crippen molar-refractivity contribution in [3.05, 3.63) is 0 Å². The number of halogens is 3. The van der Waals surface area contributed by atoms with Crippen molar-refractivity contribution in [1.29, 1.82) is 0 Å². The van der Waals surface area contributed by atoms with Gasteiger partial charge in [0, 0.05) is 11.8 Å². The topological polar surface area (TPSA) is 61.4 Å². The number of amides is 3. The van der Waals surface area contributed by atoms with E-state index in [1.807, 2.05) is 16.5 Å². The van der Waals surface area contributed by atoms with Gasteiger partial charge in [-0.3, -0.25) is 15.0 Å². The Kier molecular flexibility index (Phi) is 7.47. The molecule has 1 aliphatic heterocycles. The van der Waals surface area contributed by atoms with Crippen molar-refractivity contribution in [3.63, 3.8) is 0 Å². The summed E-state index contributed by atoms with van der Waals surface area (Å²) in [5.74, 6) is -0.582. The van der Waals surface area contributed by atoms with Gasteiger partial charge in [-0.05, 0) is 32.6 Å². The molecule has 0 radical (unpaired) electrons. The third-order valence-corrected chi connectivity index (χ3v) is 4.66. The number of imide groups is 1. The van der Waals surface area contributed by atoms with Crippen molar-refractivity contribution in [3.8, 4) is 0 Å². The normalized spacial score (nSPS) is 21.8. The van der Waals surface area contributed by atoms with Gasteiger partial charge < -0.3 is 5.32 Å². The first-order valence-electron chi connectivity index (χ1n) is 7.15. The third kappa shape index (κ3) is 6.87. The molecule has 22 heavy (non-hydrogen) atoms. The molecule has 1 rings (SSSR count). The number of carbonyl (C=O) groups excluding carboxylic acids is 2. The summed E-state index contributed by atoms with van der Waals surface area (Å²) in [4.78, 5) is 25.3. The van der Waals surface area contributed by atoms with Crippen LogP contribution < -0.4 is 10.6 Å². The number of carbonyl (C=O) groups is 2. The third-order valence-electron chi connectivity index (χ3n) is 3.61. The Hall–Kier alpha value is -0.960. The molecule has 3 amide bonds. The van der Waals surface area contributed by atoms with Crippen molar-refractivity contribution in [2.75, 3.05) is 25.9 Å². The Bertz CT molecular complexity index is 393. The zero-order chi connectivity index (χ0) is 16.8. The van der Waals surface area contributed by atoms with E-state index in [0.717, 1.165) is 32.4 Å². The number of nitrogens with one attached hydrogen (secondary N) is 2. The average Bonchev–Trinajstić information content (AvgIpc) is 2.69. The van der Waals surface area contributed by atoms with Gasteiger partial charge >= 0.3 is 12.2 Å². The molecule has 1 fully saturated rings. The second kappa shape index (κ2) is 8.61. The Morgan fingerprint density at radius 1 is 1.36 bits per heavy atom. The smallest absolute Gasteiger partial charge is 0.329 e. The standard InChI is InChI=1S/C13H22F3N3O2S/c1-9(19-6-4-3-5-10(7-19)22-2)11(20)18-12(21)17-8-13(14,15)16/h9-10H,3-8H2,1-2H3,(H2,17,18,20,21)/t9-,10-/m1/s1. The first-order chi connectivity index (χ1) is 10.2. The van der Waals surface area contributed by atoms with Crippen LogP contribution in [0.15, 0.2) is 0 Å². The minimum atomic E-state index is -4.50. The number of thioether (sulfide) groups is 1. The lowest BCUT2D eigenvalue weighted by Crippen LogP contribution is -2.51. The molecule has 0 saturated carbocycles. The Labute approximate surface area is 132 Å². The van der Waals surface area contributed by atoms with Crippen LogP contribution in [0, 0.1) is 0 Å². The molecule has 1 saturated heterocycles. The molecular formula is C13H22F3N3O2S. The molecule has 0 spiro atoms. The van der Waals surface area contributed by atoms with Crippen LogP contribution in [0.25, 0.3) is 0 Å². The number of likely N-dealkylation sites (tertiary alicyclic amines) is 1. The fourth-order valence-corrected chi connectivity index (χ4v) is 3.02. The van der Waals surface area contributed by atoms with E-state index in [4.69, 9.17) is 0 Å². The number of alkyl halides is 3. The summed E-state index contributed by atoms with van der Waals surface area (Å²) in [5.41, 5.74) is 0. The average molecular weight is 341 g/mol. The predicted molar refractivity (Wildman–Crippen MR) is 79.8 cm³/mol. The molecule has 0 unspecified atom stereocenters. The number of rotatable bonds is 4. The van der Waals surface area contributed by atoms with E-state index >= 15 is 0 Å². The highest BCUT2D eigenvalue weighted by Crippen LogP contribution is 2.21. The summed E-state index contributed by atoms with van der Waals surface area (Å²) >= 11 is 1.74. The van der Waals surface area contributed by atoms with E-state index in [1.54, 1.807) is 24.0 Å². The van der Waals surface area contributed by atoms with E-state index in [2.05, 4.69) is 0 Å². The number of hydrogen-bond donors (Lipinski definition) is 2. The van der Waals surface area contributed by atoms with Crippen LogP contribution >= 0.6 is 11.8 Å². The minimum Gasteiger partial charge on any atom is -0.329 e. The maximum Gasteiger partial charge on any atom is 0.405 e. The monoisotopic (exact) mass is 341 g/mol. The fraction of sp³-hybridized carbons (Fsp3) is 0.846. The molecule has 2 atom stereocenters. The fourth-order valence-electron chi connectivity index (χ4n) is 2.28. The van der Waals surface area contributed by atoms with Gasteiger partial charge in [0.1, 0.15) is 6.54 Å². The molecule has 9 heteroatoms. The Balaban J connectivity index is 2.47. The second-order valence-corrected chi connectivity index (χ2v) is 6.45. The van der Waals surface area contributed by atoms with E-state index < -0.39 is 30.7 Å². The summed E-state index contributed by atoms with van der Waals surface area (Å²) in [6.07, 6.45) is 0.654. The van der Waals surface area contributed by atoms with Crippen LogP contribution in [-0.4, -0.2) is 60.2 Å². The molecule has 0 aliphatic carbocycles. The largest absolute Gasteiger partial charge is 0.405 e. The highest BCUT2D eigenvalue weighted by Gasteiger charge is 2.29. The summed E-state index contributed by atoms with van der Waals surface area (Å²) in [7, 11) is 0. The van der Waals surface area contributed by atoms with E-state index in [0.29, 0.717) is 5.25 Å². The van der Waals surface area contributed by atoms with Crippen molar-refractivity contribution >= 4 is 23.7 Å². The lowest BCUT2D eigenvalue weighted by molar-refractivity contribution is -0.127. The second-order valence-electron chi connectivity index (χ2n) is 5.31. The van der Waals surface area contributed by atoms with E-state index in [-0.39, 0.29) is 0 Å². The Morgan fingerprint density at radius 2 is 2.05 bits per heavy atom. The van der Waals surface area contributed by atoms with Crippen LogP contribution in [0.2, 0.25) is 0 Å².